The van der Waals surface area contributed by atoms with Crippen LogP contribution in [-0.2, 0) is 0 Å². The molecule has 4 nitrogen and oxygen atoms in total. The third kappa shape index (κ3) is 2.74. The summed E-state index contributed by atoms with van der Waals surface area (Å²) in [5.74, 6) is -0.109. The minimum absolute atomic E-state index is 0.109. The topological polar surface area (TPSA) is 70.1 Å². The highest BCUT2D eigenvalue weighted by molar-refractivity contribution is 6.31. The van der Waals surface area contributed by atoms with Crippen LogP contribution in [0.15, 0.2) is 18.2 Å². The van der Waals surface area contributed by atoms with Gasteiger partial charge in [0, 0.05) is 23.3 Å². The number of amides is 1. The SMILES string of the molecule is N#CCCN(C(=O)c1ccc(Cl)cc1N)C1CC1. The second-order valence-electron chi connectivity index (χ2n) is 4.37. The lowest BCUT2D eigenvalue weighted by molar-refractivity contribution is 0.0748. The predicted molar refractivity (Wildman–Crippen MR) is 70.2 cm³/mol. The molecule has 1 fully saturated rings. The molecule has 0 unspecified atom stereocenters. The Labute approximate surface area is 111 Å². The zero-order chi connectivity index (χ0) is 13.1. The maximum atomic E-state index is 12.4. The Morgan fingerprint density at radius 1 is 1.56 bits per heavy atom. The highest BCUT2D eigenvalue weighted by Gasteiger charge is 2.33. The first kappa shape index (κ1) is 12.7. The van der Waals surface area contributed by atoms with Gasteiger partial charge >= 0.3 is 0 Å². The molecule has 18 heavy (non-hydrogen) atoms. The Hall–Kier alpha value is -1.73. The highest BCUT2D eigenvalue weighted by Crippen LogP contribution is 2.30. The number of benzene rings is 1. The van der Waals surface area contributed by atoms with E-state index in [0.29, 0.717) is 29.2 Å². The summed E-state index contributed by atoms with van der Waals surface area (Å²) in [7, 11) is 0. The van der Waals surface area contributed by atoms with E-state index in [1.165, 1.54) is 0 Å². The quantitative estimate of drug-likeness (QED) is 0.848. The van der Waals surface area contributed by atoms with Gasteiger partial charge < -0.3 is 10.6 Å². The van der Waals surface area contributed by atoms with Crippen LogP contribution in [0.25, 0.3) is 0 Å². The van der Waals surface area contributed by atoms with Gasteiger partial charge in [0.25, 0.3) is 5.91 Å². The summed E-state index contributed by atoms with van der Waals surface area (Å²) in [6.45, 7) is 0.460. The van der Waals surface area contributed by atoms with Gasteiger partial charge in [0.1, 0.15) is 0 Å². The maximum Gasteiger partial charge on any atom is 0.256 e. The van der Waals surface area contributed by atoms with Gasteiger partial charge in [-0.15, -0.1) is 0 Å². The summed E-state index contributed by atoms with van der Waals surface area (Å²) in [5.41, 5.74) is 6.66. The minimum atomic E-state index is -0.109. The van der Waals surface area contributed by atoms with Crippen LogP contribution in [-0.4, -0.2) is 23.4 Å². The molecule has 0 aliphatic heterocycles. The van der Waals surface area contributed by atoms with Crippen LogP contribution < -0.4 is 5.73 Å². The van der Waals surface area contributed by atoms with Gasteiger partial charge in [0.2, 0.25) is 0 Å². The number of halogens is 1. The zero-order valence-corrected chi connectivity index (χ0v) is 10.7. The van der Waals surface area contributed by atoms with E-state index in [-0.39, 0.29) is 11.9 Å². The Morgan fingerprint density at radius 3 is 2.83 bits per heavy atom. The summed E-state index contributed by atoms with van der Waals surface area (Å²) in [6.07, 6.45) is 2.35. The number of hydrogen-bond acceptors (Lipinski definition) is 3. The van der Waals surface area contributed by atoms with Crippen molar-refractivity contribution in [3.05, 3.63) is 28.8 Å². The van der Waals surface area contributed by atoms with E-state index in [1.54, 1.807) is 23.1 Å². The molecular weight excluding hydrogens is 250 g/mol. The molecular formula is C13H14ClN3O. The lowest BCUT2D eigenvalue weighted by atomic mass is 10.1. The zero-order valence-electron chi connectivity index (χ0n) is 9.90. The van der Waals surface area contributed by atoms with Crippen molar-refractivity contribution < 1.29 is 4.79 Å². The van der Waals surface area contributed by atoms with Crippen LogP contribution in [0.2, 0.25) is 5.02 Å². The molecule has 1 amide bonds. The largest absolute Gasteiger partial charge is 0.398 e. The number of rotatable bonds is 4. The van der Waals surface area contributed by atoms with Crippen molar-refractivity contribution >= 4 is 23.2 Å². The van der Waals surface area contributed by atoms with E-state index >= 15 is 0 Å². The molecule has 0 bridgehead atoms. The van der Waals surface area contributed by atoms with Gasteiger partial charge in [0.05, 0.1) is 18.1 Å². The molecule has 0 aromatic heterocycles. The summed E-state index contributed by atoms with van der Waals surface area (Å²) in [4.78, 5) is 14.1. The Morgan fingerprint density at radius 2 is 2.28 bits per heavy atom. The molecule has 1 aromatic rings. The number of nitrogen functional groups attached to an aromatic ring is 1. The second-order valence-corrected chi connectivity index (χ2v) is 4.81. The third-order valence-electron chi connectivity index (χ3n) is 2.96. The monoisotopic (exact) mass is 263 g/mol. The van der Waals surface area contributed by atoms with Crippen molar-refractivity contribution in [1.82, 2.24) is 4.90 Å². The van der Waals surface area contributed by atoms with E-state index in [2.05, 4.69) is 6.07 Å². The summed E-state index contributed by atoms with van der Waals surface area (Å²) < 4.78 is 0. The third-order valence-corrected chi connectivity index (χ3v) is 3.19. The summed E-state index contributed by atoms with van der Waals surface area (Å²) in [5, 5.41) is 9.14. The average Bonchev–Trinajstić information content (AvgIpc) is 3.13. The van der Waals surface area contributed by atoms with Crippen LogP contribution in [0.1, 0.15) is 29.6 Å². The highest BCUT2D eigenvalue weighted by atomic mass is 35.5. The first-order chi connectivity index (χ1) is 8.63. The lowest BCUT2D eigenvalue weighted by Gasteiger charge is -2.22. The normalized spacial score (nSPS) is 14.0. The Kier molecular flexibility index (Phi) is 3.73. The molecule has 1 aliphatic carbocycles. The molecule has 2 N–H and O–H groups in total. The number of carbonyl (C=O) groups excluding carboxylic acids is 1. The minimum Gasteiger partial charge on any atom is -0.398 e. The summed E-state index contributed by atoms with van der Waals surface area (Å²) in [6, 6.07) is 7.20. The van der Waals surface area contributed by atoms with Gasteiger partial charge in [-0.1, -0.05) is 11.6 Å². The predicted octanol–water partition coefficient (Wildman–Crippen LogP) is 2.44. The van der Waals surface area contributed by atoms with Crippen LogP contribution in [0, 0.1) is 11.3 Å². The van der Waals surface area contributed by atoms with Gasteiger partial charge in [-0.2, -0.15) is 5.26 Å². The average molecular weight is 264 g/mol. The molecule has 1 aliphatic rings. The van der Waals surface area contributed by atoms with Crippen molar-refractivity contribution in [3.8, 4) is 6.07 Å². The maximum absolute atomic E-state index is 12.4. The van der Waals surface area contributed by atoms with Crippen LogP contribution in [0.4, 0.5) is 5.69 Å². The number of carbonyl (C=O) groups is 1. The number of nitrogens with two attached hydrogens (primary N) is 1. The Balaban J connectivity index is 2.19. The van der Waals surface area contributed by atoms with Gasteiger partial charge in [-0.3, -0.25) is 4.79 Å². The molecule has 5 heteroatoms. The van der Waals surface area contributed by atoms with Gasteiger partial charge in [-0.25, -0.2) is 0 Å². The van der Waals surface area contributed by atoms with Gasteiger partial charge in [-0.05, 0) is 31.0 Å². The van der Waals surface area contributed by atoms with E-state index in [0.717, 1.165) is 12.8 Å². The molecule has 2 rings (SSSR count). The molecule has 94 valence electrons. The van der Waals surface area contributed by atoms with Crippen molar-refractivity contribution in [2.75, 3.05) is 12.3 Å². The van der Waals surface area contributed by atoms with Crippen molar-refractivity contribution in [1.29, 1.82) is 5.26 Å². The van der Waals surface area contributed by atoms with Crippen LogP contribution in [0.5, 0.6) is 0 Å². The van der Waals surface area contributed by atoms with Crippen molar-refractivity contribution in [3.63, 3.8) is 0 Å². The smallest absolute Gasteiger partial charge is 0.256 e. The fraction of sp³-hybridized carbons (Fsp3) is 0.385. The second kappa shape index (κ2) is 5.28. The molecule has 1 aromatic carbocycles. The first-order valence-electron chi connectivity index (χ1n) is 5.86. The summed E-state index contributed by atoms with van der Waals surface area (Å²) >= 11 is 5.81. The molecule has 0 saturated heterocycles. The first-order valence-corrected chi connectivity index (χ1v) is 6.24. The standard InChI is InChI=1S/C13H14ClN3O/c14-9-2-5-11(12(16)8-9)13(18)17(7-1-6-15)10-3-4-10/h2,5,8,10H,1,3-4,7,16H2. The molecule has 0 heterocycles. The number of nitrogens with zero attached hydrogens (tertiary/aromatic N) is 2. The lowest BCUT2D eigenvalue weighted by Crippen LogP contribution is -2.34. The van der Waals surface area contributed by atoms with Crippen LogP contribution >= 0.6 is 11.6 Å². The molecule has 0 radical (unpaired) electrons. The van der Waals surface area contributed by atoms with E-state index < -0.39 is 0 Å². The number of hydrogen-bond donors (Lipinski definition) is 1. The van der Waals surface area contributed by atoms with Gasteiger partial charge in [0.15, 0.2) is 0 Å². The fourth-order valence-corrected chi connectivity index (χ4v) is 2.07. The number of anilines is 1. The fourth-order valence-electron chi connectivity index (χ4n) is 1.89. The van der Waals surface area contributed by atoms with E-state index in [1.807, 2.05) is 0 Å². The molecule has 1 saturated carbocycles. The van der Waals surface area contributed by atoms with Crippen LogP contribution in [0.3, 0.4) is 0 Å². The molecule has 0 spiro atoms. The Bertz CT molecular complexity index is 505. The van der Waals surface area contributed by atoms with E-state index in [9.17, 15) is 4.79 Å². The van der Waals surface area contributed by atoms with E-state index in [4.69, 9.17) is 22.6 Å². The van der Waals surface area contributed by atoms with Crippen molar-refractivity contribution in [2.45, 2.75) is 25.3 Å². The number of nitriles is 1. The van der Waals surface area contributed by atoms with Crippen molar-refractivity contribution in [2.24, 2.45) is 0 Å². The molecule has 0 atom stereocenters.